The van der Waals surface area contributed by atoms with Gasteiger partial charge >= 0.3 is 5.97 Å². The first-order valence-corrected chi connectivity index (χ1v) is 8.61. The number of carbonyl (C=O) groups is 2. The number of ether oxygens (including phenoxy) is 3. The molecule has 1 N–H and O–H groups in total. The summed E-state index contributed by atoms with van der Waals surface area (Å²) in [5.74, 6) is -1.02. The maximum Gasteiger partial charge on any atom is 0.310 e. The fourth-order valence-corrected chi connectivity index (χ4v) is 2.70. The third-order valence-electron chi connectivity index (χ3n) is 3.95. The van der Waals surface area contributed by atoms with E-state index < -0.39 is 11.8 Å². The number of unbranched alkanes of at least 4 members (excludes halogenated alkanes) is 1. The Morgan fingerprint density at radius 3 is 2.56 bits per heavy atom. The Bertz CT molecular complexity index is 578. The number of aryl methyl sites for hydroxylation is 1. The van der Waals surface area contributed by atoms with E-state index in [0.29, 0.717) is 26.1 Å². The summed E-state index contributed by atoms with van der Waals surface area (Å²) in [6, 6.07) is 7.85. The number of hydrogen-bond donors (Lipinski definition) is 1. The van der Waals surface area contributed by atoms with Gasteiger partial charge in [0.25, 0.3) is 0 Å². The third-order valence-corrected chi connectivity index (χ3v) is 3.95. The molecule has 0 aromatic heterocycles. The summed E-state index contributed by atoms with van der Waals surface area (Å²) in [5, 5.41) is 8.54. The minimum atomic E-state index is -1.06. The predicted molar refractivity (Wildman–Crippen MR) is 91.7 cm³/mol. The Morgan fingerprint density at radius 1 is 1.24 bits per heavy atom. The second kappa shape index (κ2) is 8.97. The van der Waals surface area contributed by atoms with Crippen LogP contribution in [-0.4, -0.2) is 42.0 Å². The van der Waals surface area contributed by atoms with Gasteiger partial charge in [-0.05, 0) is 50.8 Å². The van der Waals surface area contributed by atoms with Crippen LogP contribution in [0.3, 0.4) is 0 Å². The number of ketones is 1. The van der Waals surface area contributed by atoms with Crippen LogP contribution < -0.4 is 4.74 Å². The van der Waals surface area contributed by atoms with Gasteiger partial charge in [-0.25, -0.2) is 0 Å². The summed E-state index contributed by atoms with van der Waals surface area (Å²) in [6.07, 6.45) is 2.31. The smallest absolute Gasteiger partial charge is 0.310 e. The van der Waals surface area contributed by atoms with Crippen molar-refractivity contribution in [3.8, 4) is 5.75 Å². The van der Waals surface area contributed by atoms with E-state index in [1.807, 2.05) is 38.1 Å². The van der Waals surface area contributed by atoms with E-state index in [1.165, 1.54) is 5.56 Å². The molecule has 1 heterocycles. The van der Waals surface area contributed by atoms with E-state index in [0.717, 1.165) is 18.6 Å². The van der Waals surface area contributed by atoms with Crippen molar-refractivity contribution in [2.45, 2.75) is 57.8 Å². The molecule has 0 saturated carbocycles. The van der Waals surface area contributed by atoms with E-state index in [1.54, 1.807) is 0 Å². The zero-order valence-corrected chi connectivity index (χ0v) is 14.8. The molecule has 2 rings (SSSR count). The molecule has 6 heteroatoms. The van der Waals surface area contributed by atoms with Crippen molar-refractivity contribution in [1.29, 1.82) is 0 Å². The van der Waals surface area contributed by atoms with Gasteiger partial charge < -0.3 is 19.3 Å². The lowest BCUT2D eigenvalue weighted by atomic mass is 10.0. The zero-order valence-electron chi connectivity index (χ0n) is 14.8. The van der Waals surface area contributed by atoms with Crippen LogP contribution in [0.15, 0.2) is 24.3 Å². The Labute approximate surface area is 148 Å². The summed E-state index contributed by atoms with van der Waals surface area (Å²) in [5.41, 5.74) is 1.17. The molecule has 0 radical (unpaired) electrons. The molecule has 1 aliphatic rings. The average molecular weight is 350 g/mol. The lowest BCUT2D eigenvalue weighted by Crippen LogP contribution is -2.25. The summed E-state index contributed by atoms with van der Waals surface area (Å²) in [6.45, 7) is 4.76. The highest BCUT2D eigenvalue weighted by molar-refractivity contribution is 5.94. The fourth-order valence-electron chi connectivity index (χ4n) is 2.70. The fraction of sp³-hybridized carbons (Fsp3) is 0.579. The average Bonchev–Trinajstić information content (AvgIpc) is 2.89. The van der Waals surface area contributed by atoms with Gasteiger partial charge in [-0.3, -0.25) is 9.59 Å². The van der Waals surface area contributed by atoms with Crippen LogP contribution in [0.4, 0.5) is 0 Å². The van der Waals surface area contributed by atoms with Gasteiger partial charge in [-0.2, -0.15) is 0 Å². The summed E-state index contributed by atoms with van der Waals surface area (Å²) in [4.78, 5) is 21.7. The number of benzene rings is 1. The van der Waals surface area contributed by atoms with Crippen molar-refractivity contribution in [2.75, 3.05) is 13.2 Å². The van der Waals surface area contributed by atoms with Crippen molar-refractivity contribution in [3.63, 3.8) is 0 Å². The van der Waals surface area contributed by atoms with E-state index in [4.69, 9.17) is 19.3 Å². The van der Waals surface area contributed by atoms with Crippen molar-refractivity contribution < 1.29 is 28.9 Å². The molecule has 1 aromatic carbocycles. The lowest BCUT2D eigenvalue weighted by molar-refractivity contribution is -0.141. The quantitative estimate of drug-likeness (QED) is 0.516. The van der Waals surface area contributed by atoms with Crippen LogP contribution in [0.2, 0.25) is 0 Å². The van der Waals surface area contributed by atoms with Crippen molar-refractivity contribution in [3.05, 3.63) is 29.8 Å². The Kier molecular flexibility index (Phi) is 6.96. The van der Waals surface area contributed by atoms with Gasteiger partial charge in [0, 0.05) is 6.42 Å². The summed E-state index contributed by atoms with van der Waals surface area (Å²) in [7, 11) is 0. The molecule has 0 amide bonds. The van der Waals surface area contributed by atoms with Gasteiger partial charge in [0.2, 0.25) is 0 Å². The zero-order chi connectivity index (χ0) is 18.3. The first-order chi connectivity index (χ1) is 11.8. The molecule has 0 spiro atoms. The third kappa shape index (κ3) is 7.23. The maximum absolute atomic E-state index is 11.3. The van der Waals surface area contributed by atoms with Crippen molar-refractivity contribution in [1.82, 2.24) is 0 Å². The van der Waals surface area contributed by atoms with Crippen LogP contribution in [-0.2, 0) is 25.5 Å². The molecule has 0 bridgehead atoms. The topological polar surface area (TPSA) is 82.1 Å². The van der Waals surface area contributed by atoms with Gasteiger partial charge in [0.15, 0.2) is 5.79 Å². The monoisotopic (exact) mass is 350 g/mol. The van der Waals surface area contributed by atoms with Crippen molar-refractivity contribution in [2.24, 2.45) is 0 Å². The Balaban J connectivity index is 1.64. The number of Topliss-reactive ketones (excluding diaryl/α,β-unsaturated/α-hetero) is 1. The molecule has 6 nitrogen and oxygen atoms in total. The maximum atomic E-state index is 11.3. The van der Waals surface area contributed by atoms with Crippen LogP contribution in [0.1, 0.15) is 45.1 Å². The van der Waals surface area contributed by atoms with Crippen molar-refractivity contribution >= 4 is 11.8 Å². The molecule has 1 saturated heterocycles. The molecule has 1 aliphatic heterocycles. The molecule has 138 valence electrons. The molecule has 1 fully saturated rings. The predicted octanol–water partition coefficient (Wildman–Crippen LogP) is 2.97. The molecule has 1 unspecified atom stereocenters. The highest BCUT2D eigenvalue weighted by Gasteiger charge is 2.32. The van der Waals surface area contributed by atoms with Gasteiger partial charge in [0.1, 0.15) is 30.7 Å². The molecule has 1 atom stereocenters. The van der Waals surface area contributed by atoms with Crippen LogP contribution in [0, 0.1) is 0 Å². The molecule has 0 aliphatic carbocycles. The van der Waals surface area contributed by atoms with Crippen LogP contribution in [0.25, 0.3) is 0 Å². The van der Waals surface area contributed by atoms with E-state index in [-0.39, 0.29) is 18.3 Å². The molecule has 25 heavy (non-hydrogen) atoms. The summed E-state index contributed by atoms with van der Waals surface area (Å²) < 4.78 is 16.9. The van der Waals surface area contributed by atoms with Gasteiger partial charge in [-0.1, -0.05) is 12.1 Å². The van der Waals surface area contributed by atoms with Crippen LogP contribution >= 0.6 is 0 Å². The second-order valence-electron chi connectivity index (χ2n) is 6.72. The lowest BCUT2D eigenvalue weighted by Gasteiger charge is -2.17. The SMILES string of the molecule is CC1(C)OCC(COc2ccc(CCCCC(=O)CC(=O)O)cc2)O1. The standard InChI is InChI=1S/C19H26O6/c1-19(2)24-13-17(25-19)12-23-16-9-7-14(8-10-16)5-3-4-6-15(20)11-18(21)22/h7-10,17H,3-6,11-13H2,1-2H3,(H,21,22). The normalized spacial score (nSPS) is 18.9. The largest absolute Gasteiger partial charge is 0.491 e. The van der Waals surface area contributed by atoms with E-state index in [2.05, 4.69) is 0 Å². The minimum Gasteiger partial charge on any atom is -0.491 e. The minimum absolute atomic E-state index is 0.0574. The number of carboxylic acid groups (broad SMARTS) is 1. The van der Waals surface area contributed by atoms with E-state index >= 15 is 0 Å². The molecular weight excluding hydrogens is 324 g/mol. The van der Waals surface area contributed by atoms with Gasteiger partial charge in [-0.15, -0.1) is 0 Å². The number of aliphatic carboxylic acids is 1. The molecule has 1 aromatic rings. The number of hydrogen-bond acceptors (Lipinski definition) is 5. The highest BCUT2D eigenvalue weighted by atomic mass is 16.7. The number of carbonyl (C=O) groups excluding carboxylic acids is 1. The van der Waals surface area contributed by atoms with Gasteiger partial charge in [0.05, 0.1) is 6.61 Å². The van der Waals surface area contributed by atoms with Crippen LogP contribution in [0.5, 0.6) is 5.75 Å². The summed E-state index contributed by atoms with van der Waals surface area (Å²) >= 11 is 0. The molecular formula is C19H26O6. The van der Waals surface area contributed by atoms with E-state index in [9.17, 15) is 9.59 Å². The first-order valence-electron chi connectivity index (χ1n) is 8.61. The second-order valence-corrected chi connectivity index (χ2v) is 6.72. The Hall–Kier alpha value is -1.92. The number of carboxylic acids is 1. The Morgan fingerprint density at radius 2 is 1.96 bits per heavy atom. The number of rotatable bonds is 10. The first kappa shape index (κ1) is 19.4. The highest BCUT2D eigenvalue weighted by Crippen LogP contribution is 2.23.